The molecule has 0 aromatic heterocycles. The zero-order valence-electron chi connectivity index (χ0n) is 18.2. The van der Waals surface area contributed by atoms with Crippen molar-refractivity contribution in [2.45, 2.75) is 89.9 Å². The van der Waals surface area contributed by atoms with Crippen molar-refractivity contribution in [3.05, 3.63) is 35.4 Å². The van der Waals surface area contributed by atoms with Gasteiger partial charge in [-0.25, -0.2) is 0 Å². The molecule has 4 unspecified atom stereocenters. The SMILES string of the molecule is O=C1CC(C(=O)CCCC(=O)C2CCC3CCCCC3C2)CCCc2ccccc21. The average Bonchev–Trinajstić information content (AvgIpc) is 2.76. The highest BCUT2D eigenvalue weighted by molar-refractivity contribution is 6.00. The summed E-state index contributed by atoms with van der Waals surface area (Å²) in [5.74, 6) is 2.38. The largest absolute Gasteiger partial charge is 0.299 e. The first-order chi connectivity index (χ1) is 14.6. The quantitative estimate of drug-likeness (QED) is 0.569. The fraction of sp³-hybridized carbons (Fsp3) is 0.667. The second kappa shape index (κ2) is 10.0. The van der Waals surface area contributed by atoms with Gasteiger partial charge in [0.25, 0.3) is 0 Å². The van der Waals surface area contributed by atoms with Gasteiger partial charge in [-0.3, -0.25) is 14.4 Å². The third-order valence-corrected chi connectivity index (χ3v) is 8.04. The number of hydrogen-bond acceptors (Lipinski definition) is 3. The molecule has 2 fully saturated rings. The minimum Gasteiger partial charge on any atom is -0.299 e. The number of rotatable bonds is 6. The van der Waals surface area contributed by atoms with Crippen LogP contribution < -0.4 is 0 Å². The van der Waals surface area contributed by atoms with Crippen LogP contribution in [0.2, 0.25) is 0 Å². The van der Waals surface area contributed by atoms with E-state index in [1.807, 2.05) is 24.3 Å². The van der Waals surface area contributed by atoms with Gasteiger partial charge in [-0.05, 0) is 62.3 Å². The molecular weight excluding hydrogens is 372 g/mol. The Morgan fingerprint density at radius 3 is 2.37 bits per heavy atom. The van der Waals surface area contributed by atoms with Gasteiger partial charge in [-0.15, -0.1) is 0 Å². The molecule has 3 aliphatic rings. The summed E-state index contributed by atoms with van der Waals surface area (Å²) in [6.45, 7) is 0. The van der Waals surface area contributed by atoms with E-state index in [0.29, 0.717) is 31.5 Å². The van der Waals surface area contributed by atoms with E-state index in [2.05, 4.69) is 0 Å². The van der Waals surface area contributed by atoms with E-state index in [-0.39, 0.29) is 23.4 Å². The van der Waals surface area contributed by atoms with Crippen molar-refractivity contribution in [2.75, 3.05) is 0 Å². The summed E-state index contributed by atoms with van der Waals surface area (Å²) >= 11 is 0. The van der Waals surface area contributed by atoms with Gasteiger partial charge in [0.1, 0.15) is 11.6 Å². The van der Waals surface area contributed by atoms with E-state index in [1.165, 1.54) is 32.1 Å². The van der Waals surface area contributed by atoms with Gasteiger partial charge < -0.3 is 0 Å². The monoisotopic (exact) mass is 408 g/mol. The maximum Gasteiger partial charge on any atom is 0.163 e. The van der Waals surface area contributed by atoms with Crippen LogP contribution >= 0.6 is 0 Å². The number of carbonyl (C=O) groups is 3. The third-order valence-electron chi connectivity index (χ3n) is 8.04. The van der Waals surface area contributed by atoms with Crippen molar-refractivity contribution in [1.82, 2.24) is 0 Å². The highest BCUT2D eigenvalue weighted by atomic mass is 16.1. The molecule has 0 aliphatic heterocycles. The van der Waals surface area contributed by atoms with E-state index in [0.717, 1.165) is 55.1 Å². The molecule has 0 bridgehead atoms. The molecule has 0 heterocycles. The summed E-state index contributed by atoms with van der Waals surface area (Å²) < 4.78 is 0. The third kappa shape index (κ3) is 5.10. The summed E-state index contributed by atoms with van der Waals surface area (Å²) in [6.07, 6.45) is 13.3. The van der Waals surface area contributed by atoms with Crippen molar-refractivity contribution in [3.8, 4) is 0 Å². The molecule has 3 heteroatoms. The second-order valence-electron chi connectivity index (χ2n) is 9.97. The summed E-state index contributed by atoms with van der Waals surface area (Å²) in [7, 11) is 0. The molecule has 1 aromatic carbocycles. The normalized spacial score (nSPS) is 29.3. The van der Waals surface area contributed by atoms with Crippen LogP contribution in [0.3, 0.4) is 0 Å². The van der Waals surface area contributed by atoms with Crippen LogP contribution in [0.5, 0.6) is 0 Å². The summed E-state index contributed by atoms with van der Waals surface area (Å²) in [5, 5.41) is 0. The molecule has 0 radical (unpaired) electrons. The van der Waals surface area contributed by atoms with Crippen molar-refractivity contribution >= 4 is 17.3 Å². The van der Waals surface area contributed by atoms with Gasteiger partial charge >= 0.3 is 0 Å². The number of hydrogen-bond donors (Lipinski definition) is 0. The summed E-state index contributed by atoms with van der Waals surface area (Å²) in [4.78, 5) is 38.2. The molecule has 1 aromatic rings. The molecular formula is C27H36O3. The molecule has 3 aliphatic carbocycles. The number of aryl methyl sites for hydroxylation is 1. The lowest BCUT2D eigenvalue weighted by Crippen LogP contribution is -2.31. The second-order valence-corrected chi connectivity index (χ2v) is 9.97. The van der Waals surface area contributed by atoms with Crippen LogP contribution in [-0.4, -0.2) is 17.3 Å². The van der Waals surface area contributed by atoms with Crippen LogP contribution in [-0.2, 0) is 16.0 Å². The van der Waals surface area contributed by atoms with Crippen LogP contribution in [0.1, 0.15) is 99.4 Å². The predicted octanol–water partition coefficient (Wildman–Crippen LogP) is 6.13. The molecule has 162 valence electrons. The molecule has 0 N–H and O–H groups in total. The van der Waals surface area contributed by atoms with Gasteiger partial charge in [-0.1, -0.05) is 49.9 Å². The number of fused-ring (bicyclic) bond motifs is 2. The highest BCUT2D eigenvalue weighted by Gasteiger charge is 2.34. The maximum absolute atomic E-state index is 12.8. The Morgan fingerprint density at radius 1 is 0.800 bits per heavy atom. The Labute approximate surface area is 181 Å². The Hall–Kier alpha value is -1.77. The topological polar surface area (TPSA) is 51.2 Å². The average molecular weight is 409 g/mol. The van der Waals surface area contributed by atoms with Crippen molar-refractivity contribution in [3.63, 3.8) is 0 Å². The predicted molar refractivity (Wildman–Crippen MR) is 118 cm³/mol. The zero-order chi connectivity index (χ0) is 20.9. The fourth-order valence-electron chi connectivity index (χ4n) is 6.27. The van der Waals surface area contributed by atoms with Crippen molar-refractivity contribution in [1.29, 1.82) is 0 Å². The van der Waals surface area contributed by atoms with Crippen LogP contribution in [0, 0.1) is 23.7 Å². The van der Waals surface area contributed by atoms with Gasteiger partial charge in [0.05, 0.1) is 0 Å². The number of ketones is 3. The lowest BCUT2D eigenvalue weighted by atomic mass is 9.66. The van der Waals surface area contributed by atoms with E-state index in [9.17, 15) is 14.4 Å². The minimum atomic E-state index is -0.168. The Kier molecular flexibility index (Phi) is 7.17. The Morgan fingerprint density at radius 2 is 1.53 bits per heavy atom. The van der Waals surface area contributed by atoms with Gasteiger partial charge in [-0.2, -0.15) is 0 Å². The molecule has 4 rings (SSSR count). The lowest BCUT2D eigenvalue weighted by molar-refractivity contribution is -0.125. The highest BCUT2D eigenvalue weighted by Crippen LogP contribution is 2.43. The number of benzene rings is 1. The summed E-state index contributed by atoms with van der Waals surface area (Å²) in [6, 6.07) is 7.81. The number of carbonyl (C=O) groups excluding carboxylic acids is 3. The van der Waals surface area contributed by atoms with Crippen LogP contribution in [0.25, 0.3) is 0 Å². The first-order valence-electron chi connectivity index (χ1n) is 12.3. The molecule has 30 heavy (non-hydrogen) atoms. The van der Waals surface area contributed by atoms with Gasteiger partial charge in [0.15, 0.2) is 5.78 Å². The molecule has 0 saturated heterocycles. The molecule has 0 amide bonds. The van der Waals surface area contributed by atoms with E-state index >= 15 is 0 Å². The first-order valence-corrected chi connectivity index (χ1v) is 12.3. The molecule has 0 spiro atoms. The van der Waals surface area contributed by atoms with E-state index in [1.54, 1.807) is 0 Å². The lowest BCUT2D eigenvalue weighted by Gasteiger charge is -2.38. The Balaban J connectivity index is 1.23. The van der Waals surface area contributed by atoms with Gasteiger partial charge in [0.2, 0.25) is 0 Å². The smallest absolute Gasteiger partial charge is 0.163 e. The van der Waals surface area contributed by atoms with E-state index in [4.69, 9.17) is 0 Å². The molecule has 3 nitrogen and oxygen atoms in total. The fourth-order valence-corrected chi connectivity index (χ4v) is 6.27. The van der Waals surface area contributed by atoms with Crippen molar-refractivity contribution < 1.29 is 14.4 Å². The standard InChI is InChI=1S/C27H36O3/c28-25(22-11-5-10-20-8-3-4-12-24(20)27(30)18-22)13-6-14-26(29)23-16-15-19-7-1-2-9-21(19)17-23/h3-4,8,12,19,21-23H,1-2,5-7,9-11,13-18H2. The number of Topliss-reactive ketones (excluding diaryl/α,β-unsaturated/α-hetero) is 3. The van der Waals surface area contributed by atoms with Crippen LogP contribution in [0.4, 0.5) is 0 Å². The van der Waals surface area contributed by atoms with Crippen molar-refractivity contribution in [2.24, 2.45) is 23.7 Å². The van der Waals surface area contributed by atoms with Gasteiger partial charge in [0, 0.05) is 36.7 Å². The Bertz CT molecular complexity index is 780. The molecule has 2 saturated carbocycles. The maximum atomic E-state index is 12.8. The summed E-state index contributed by atoms with van der Waals surface area (Å²) in [5.41, 5.74) is 1.91. The van der Waals surface area contributed by atoms with Crippen LogP contribution in [0.15, 0.2) is 24.3 Å². The first kappa shape index (κ1) is 21.5. The zero-order valence-corrected chi connectivity index (χ0v) is 18.2. The molecule has 4 atom stereocenters. The minimum absolute atomic E-state index is 0.101. The van der Waals surface area contributed by atoms with E-state index < -0.39 is 0 Å².